The molecule has 0 atom stereocenters. The molecule has 0 aromatic carbocycles. The van der Waals surface area contributed by atoms with Crippen LogP contribution < -0.4 is 0 Å². The molecule has 1 heterocycles. The first-order valence-corrected chi connectivity index (χ1v) is 6.58. The highest BCUT2D eigenvalue weighted by Crippen LogP contribution is 2.16. The van der Waals surface area contributed by atoms with Gasteiger partial charge in [-0.3, -0.25) is 0 Å². The topological polar surface area (TPSA) is 61.8 Å². The Bertz CT molecular complexity index is 381. The number of aromatic nitrogens is 2. The minimum Gasteiger partial charge on any atom is -0.396 e. The van der Waals surface area contributed by atoms with Crippen molar-refractivity contribution in [3.8, 4) is 6.07 Å². The summed E-state index contributed by atoms with van der Waals surface area (Å²) in [7, 11) is 0. The van der Waals surface area contributed by atoms with E-state index in [1.54, 1.807) is 0 Å². The number of aliphatic hydroxyl groups is 1. The normalized spacial score (nSPS) is 10.4. The number of rotatable bonds is 6. The number of hydrogen-bond acceptors (Lipinski definition) is 3. The van der Waals surface area contributed by atoms with Crippen LogP contribution in [0, 0.1) is 15.0 Å². The predicted octanol–water partition coefficient (Wildman–Crippen LogP) is 2.08. The van der Waals surface area contributed by atoms with Gasteiger partial charge in [0, 0.05) is 19.6 Å². The highest BCUT2D eigenvalue weighted by molar-refractivity contribution is 14.1. The van der Waals surface area contributed by atoms with Gasteiger partial charge in [-0.25, -0.2) is 4.98 Å². The maximum Gasteiger partial charge on any atom is 0.172 e. The number of imidazole rings is 1. The van der Waals surface area contributed by atoms with Gasteiger partial charge in [0.05, 0.1) is 0 Å². The molecule has 5 heteroatoms. The van der Waals surface area contributed by atoms with E-state index in [4.69, 9.17) is 10.4 Å². The minimum atomic E-state index is 0.222. The third kappa shape index (κ3) is 3.19. The number of unbranched alkanes of at least 4 members (excludes halogenated alkanes) is 1. The first-order chi connectivity index (χ1) is 7.74. The van der Waals surface area contributed by atoms with Crippen molar-refractivity contribution in [1.82, 2.24) is 9.55 Å². The van der Waals surface area contributed by atoms with Crippen LogP contribution in [0.4, 0.5) is 0 Å². The lowest BCUT2D eigenvalue weighted by Crippen LogP contribution is -2.06. The first-order valence-electron chi connectivity index (χ1n) is 5.50. The summed E-state index contributed by atoms with van der Waals surface area (Å²) in [6.45, 7) is 3.16. The van der Waals surface area contributed by atoms with Crippen LogP contribution in [0.25, 0.3) is 0 Å². The molecule has 0 fully saturated rings. The number of halogens is 1. The van der Waals surface area contributed by atoms with E-state index in [0.717, 1.165) is 41.8 Å². The Hall–Kier alpha value is -0.610. The molecule has 1 rings (SSSR count). The standard InChI is InChI=1S/C11H16IN3O/c1-2-5-10-14-9(8-13)11(12)15(10)6-3-4-7-16/h16H,2-7H2,1H3. The molecule has 0 aliphatic heterocycles. The Morgan fingerprint density at radius 1 is 1.50 bits per heavy atom. The van der Waals surface area contributed by atoms with E-state index in [1.807, 2.05) is 0 Å². The minimum absolute atomic E-state index is 0.222. The Morgan fingerprint density at radius 3 is 2.81 bits per heavy atom. The summed E-state index contributed by atoms with van der Waals surface area (Å²) in [6, 6.07) is 2.12. The van der Waals surface area contributed by atoms with Gasteiger partial charge >= 0.3 is 0 Å². The molecule has 1 N–H and O–H groups in total. The van der Waals surface area contributed by atoms with Crippen LogP contribution >= 0.6 is 22.6 Å². The van der Waals surface area contributed by atoms with Gasteiger partial charge < -0.3 is 9.67 Å². The molecule has 0 saturated heterocycles. The van der Waals surface area contributed by atoms with E-state index >= 15 is 0 Å². The third-order valence-electron chi connectivity index (χ3n) is 2.35. The van der Waals surface area contributed by atoms with Crippen LogP contribution in [0.15, 0.2) is 0 Å². The Labute approximate surface area is 109 Å². The largest absolute Gasteiger partial charge is 0.396 e. The lowest BCUT2D eigenvalue weighted by molar-refractivity contribution is 0.280. The van der Waals surface area contributed by atoms with Gasteiger partial charge in [-0.2, -0.15) is 5.26 Å². The molecular formula is C11H16IN3O. The molecule has 0 bridgehead atoms. The lowest BCUT2D eigenvalue weighted by Gasteiger charge is -2.07. The highest BCUT2D eigenvalue weighted by Gasteiger charge is 2.13. The van der Waals surface area contributed by atoms with E-state index in [1.165, 1.54) is 0 Å². The van der Waals surface area contributed by atoms with Crippen molar-refractivity contribution >= 4 is 22.6 Å². The molecular weight excluding hydrogens is 317 g/mol. The van der Waals surface area contributed by atoms with E-state index in [-0.39, 0.29) is 6.61 Å². The summed E-state index contributed by atoms with van der Waals surface area (Å²) in [5.41, 5.74) is 0.521. The Morgan fingerprint density at radius 2 is 2.25 bits per heavy atom. The van der Waals surface area contributed by atoms with E-state index in [2.05, 4.69) is 45.1 Å². The van der Waals surface area contributed by atoms with E-state index in [9.17, 15) is 0 Å². The third-order valence-corrected chi connectivity index (χ3v) is 3.45. The highest BCUT2D eigenvalue weighted by atomic mass is 127. The molecule has 4 nitrogen and oxygen atoms in total. The van der Waals surface area contributed by atoms with Crippen LogP contribution in [0.1, 0.15) is 37.7 Å². The number of hydrogen-bond donors (Lipinski definition) is 1. The summed E-state index contributed by atoms with van der Waals surface area (Å²) in [5, 5.41) is 17.7. The molecule has 0 unspecified atom stereocenters. The second-order valence-corrected chi connectivity index (χ2v) is 4.63. The number of nitriles is 1. The molecule has 0 radical (unpaired) electrons. The van der Waals surface area contributed by atoms with Gasteiger partial charge in [0.15, 0.2) is 5.69 Å². The van der Waals surface area contributed by atoms with Crippen molar-refractivity contribution in [2.45, 2.75) is 39.2 Å². The monoisotopic (exact) mass is 333 g/mol. The van der Waals surface area contributed by atoms with Gasteiger partial charge in [-0.05, 0) is 41.9 Å². The molecule has 1 aromatic rings. The fourth-order valence-electron chi connectivity index (χ4n) is 1.57. The van der Waals surface area contributed by atoms with Crippen molar-refractivity contribution in [1.29, 1.82) is 5.26 Å². The molecule has 1 aromatic heterocycles. The lowest BCUT2D eigenvalue weighted by atomic mass is 10.3. The smallest absolute Gasteiger partial charge is 0.172 e. The maximum absolute atomic E-state index is 8.93. The summed E-state index contributed by atoms with van der Waals surface area (Å²) < 4.78 is 3.01. The summed E-state index contributed by atoms with van der Waals surface area (Å²) >= 11 is 2.17. The molecule has 16 heavy (non-hydrogen) atoms. The second-order valence-electron chi connectivity index (χ2n) is 3.61. The molecule has 88 valence electrons. The average Bonchev–Trinajstić information content (AvgIpc) is 2.58. The summed E-state index contributed by atoms with van der Waals surface area (Å²) in [4.78, 5) is 4.33. The molecule has 0 amide bonds. The zero-order valence-corrected chi connectivity index (χ0v) is 11.6. The van der Waals surface area contributed by atoms with Gasteiger partial charge in [-0.1, -0.05) is 6.92 Å². The summed E-state index contributed by atoms with van der Waals surface area (Å²) in [6.07, 6.45) is 3.64. The molecule has 0 spiro atoms. The Kier molecular flexibility index (Phi) is 5.77. The van der Waals surface area contributed by atoms with Crippen LogP contribution in [0.2, 0.25) is 0 Å². The molecule has 0 aliphatic rings. The van der Waals surface area contributed by atoms with Crippen molar-refractivity contribution in [2.24, 2.45) is 0 Å². The fourth-order valence-corrected chi connectivity index (χ4v) is 2.33. The SMILES string of the molecule is CCCc1nc(C#N)c(I)n1CCCCO. The number of aryl methyl sites for hydroxylation is 1. The fraction of sp³-hybridized carbons (Fsp3) is 0.636. The quantitative estimate of drug-likeness (QED) is 0.640. The Balaban J connectivity index is 2.85. The van der Waals surface area contributed by atoms with Crippen LogP contribution in [0.3, 0.4) is 0 Å². The number of nitrogens with zero attached hydrogens (tertiary/aromatic N) is 3. The average molecular weight is 333 g/mol. The van der Waals surface area contributed by atoms with Crippen molar-refractivity contribution in [2.75, 3.05) is 6.61 Å². The van der Waals surface area contributed by atoms with Gasteiger partial charge in [0.1, 0.15) is 15.6 Å². The predicted molar refractivity (Wildman–Crippen MR) is 70.0 cm³/mol. The first kappa shape index (κ1) is 13.5. The van der Waals surface area contributed by atoms with Gasteiger partial charge in [-0.15, -0.1) is 0 Å². The van der Waals surface area contributed by atoms with Gasteiger partial charge in [0.25, 0.3) is 0 Å². The van der Waals surface area contributed by atoms with Crippen molar-refractivity contribution in [3.05, 3.63) is 15.2 Å². The van der Waals surface area contributed by atoms with E-state index in [0.29, 0.717) is 5.69 Å². The van der Waals surface area contributed by atoms with Crippen LogP contribution in [-0.4, -0.2) is 21.3 Å². The number of aliphatic hydroxyl groups excluding tert-OH is 1. The second kappa shape index (κ2) is 6.86. The van der Waals surface area contributed by atoms with Crippen LogP contribution in [0.5, 0.6) is 0 Å². The van der Waals surface area contributed by atoms with Gasteiger partial charge in [0.2, 0.25) is 0 Å². The summed E-state index contributed by atoms with van der Waals surface area (Å²) in [5.74, 6) is 0.987. The maximum atomic E-state index is 8.93. The van der Waals surface area contributed by atoms with Crippen molar-refractivity contribution < 1.29 is 5.11 Å². The van der Waals surface area contributed by atoms with E-state index < -0.39 is 0 Å². The van der Waals surface area contributed by atoms with Crippen molar-refractivity contribution in [3.63, 3.8) is 0 Å². The molecule has 0 aliphatic carbocycles. The molecule has 0 saturated carbocycles. The zero-order valence-electron chi connectivity index (χ0n) is 9.41. The zero-order chi connectivity index (χ0) is 12.0. The van der Waals surface area contributed by atoms with Crippen LogP contribution in [-0.2, 0) is 13.0 Å².